The number of nitrogens with zero attached hydrogens (tertiary/aromatic N) is 3. The molecule has 2 rings (SSSR count). The summed E-state index contributed by atoms with van der Waals surface area (Å²) in [5.41, 5.74) is 8.64. The summed E-state index contributed by atoms with van der Waals surface area (Å²) in [6.07, 6.45) is 1.22. The van der Waals surface area contributed by atoms with E-state index in [0.29, 0.717) is 31.6 Å². The molecule has 0 saturated carbocycles. The molecular weight excluding hydrogens is 394 g/mol. The molecule has 0 spiro atoms. The van der Waals surface area contributed by atoms with Crippen LogP contribution in [0.25, 0.3) is 0 Å². The van der Waals surface area contributed by atoms with Crippen molar-refractivity contribution in [1.82, 2.24) is 20.4 Å². The average molecular weight is 432 g/mol. The van der Waals surface area contributed by atoms with E-state index in [1.807, 2.05) is 0 Å². The Labute approximate surface area is 185 Å². The first-order chi connectivity index (χ1) is 14.9. The Morgan fingerprint density at radius 2 is 1.97 bits per heavy atom. The van der Waals surface area contributed by atoms with Gasteiger partial charge in [-0.05, 0) is 38.4 Å². The Morgan fingerprint density at radius 3 is 2.58 bits per heavy atom. The summed E-state index contributed by atoms with van der Waals surface area (Å²) in [6, 6.07) is 9.21. The zero-order valence-electron chi connectivity index (χ0n) is 19.0. The van der Waals surface area contributed by atoms with Crippen molar-refractivity contribution in [3.63, 3.8) is 0 Å². The van der Waals surface area contributed by atoms with Crippen LogP contribution in [0.3, 0.4) is 0 Å². The Balaban J connectivity index is 1.89. The lowest BCUT2D eigenvalue weighted by Gasteiger charge is -2.20. The van der Waals surface area contributed by atoms with E-state index in [0.717, 1.165) is 25.2 Å². The average Bonchev–Trinajstić information content (AvgIpc) is 3.24. The Kier molecular flexibility index (Phi) is 10.5. The SMILES string of the molecule is C=NC(=N)/C(N)=C(\NCOCCOC)NCc1ccc(CN2CCC(N(C)C)C2)cc1. The van der Waals surface area contributed by atoms with Crippen molar-refractivity contribution in [3.8, 4) is 0 Å². The van der Waals surface area contributed by atoms with Crippen molar-refractivity contribution in [1.29, 1.82) is 5.41 Å². The number of hydrogen-bond acceptors (Lipinski definition) is 8. The number of likely N-dealkylation sites (N-methyl/N-ethyl adjacent to an activating group) is 1. The minimum Gasteiger partial charge on any atom is -0.393 e. The van der Waals surface area contributed by atoms with Crippen LogP contribution in [-0.2, 0) is 22.6 Å². The number of likely N-dealkylation sites (tertiary alicyclic amines) is 1. The van der Waals surface area contributed by atoms with Crippen LogP contribution in [0.4, 0.5) is 0 Å². The Hall–Kier alpha value is -2.46. The van der Waals surface area contributed by atoms with Gasteiger partial charge in [-0.2, -0.15) is 0 Å². The molecule has 9 nitrogen and oxygen atoms in total. The number of amidine groups is 1. The maximum atomic E-state index is 7.82. The second-order valence-electron chi connectivity index (χ2n) is 7.83. The van der Waals surface area contributed by atoms with Gasteiger partial charge in [0.1, 0.15) is 18.2 Å². The molecule has 5 N–H and O–H groups in total. The fourth-order valence-electron chi connectivity index (χ4n) is 3.38. The largest absolute Gasteiger partial charge is 0.393 e. The molecule has 1 atom stereocenters. The van der Waals surface area contributed by atoms with Gasteiger partial charge in [0.05, 0.1) is 13.2 Å². The fourth-order valence-corrected chi connectivity index (χ4v) is 3.38. The van der Waals surface area contributed by atoms with Crippen LogP contribution in [0.5, 0.6) is 0 Å². The lowest BCUT2D eigenvalue weighted by atomic mass is 10.1. The van der Waals surface area contributed by atoms with E-state index in [9.17, 15) is 0 Å². The molecule has 1 unspecified atom stereocenters. The normalized spacial score (nSPS) is 17.5. The van der Waals surface area contributed by atoms with Gasteiger partial charge in [0.15, 0.2) is 5.84 Å². The van der Waals surface area contributed by atoms with Crippen LogP contribution >= 0.6 is 0 Å². The summed E-state index contributed by atoms with van der Waals surface area (Å²) in [7, 11) is 5.92. The van der Waals surface area contributed by atoms with Crippen LogP contribution < -0.4 is 16.4 Å². The highest BCUT2D eigenvalue weighted by Crippen LogP contribution is 2.16. The Bertz CT molecular complexity index is 734. The van der Waals surface area contributed by atoms with Gasteiger partial charge in [0.25, 0.3) is 0 Å². The molecule has 1 heterocycles. The van der Waals surface area contributed by atoms with Crippen molar-refractivity contribution in [2.24, 2.45) is 10.7 Å². The monoisotopic (exact) mass is 431 g/mol. The van der Waals surface area contributed by atoms with E-state index in [2.05, 4.69) is 70.5 Å². The molecule has 0 aliphatic carbocycles. The van der Waals surface area contributed by atoms with Crippen LogP contribution in [-0.4, -0.2) is 82.6 Å². The second kappa shape index (κ2) is 13.1. The lowest BCUT2D eigenvalue weighted by molar-refractivity contribution is 0.0636. The third-order valence-corrected chi connectivity index (χ3v) is 5.34. The van der Waals surface area contributed by atoms with Crippen LogP contribution in [0.2, 0.25) is 0 Å². The number of aliphatic imine (C=N–C) groups is 1. The van der Waals surface area contributed by atoms with Gasteiger partial charge < -0.3 is 30.7 Å². The summed E-state index contributed by atoms with van der Waals surface area (Å²) in [6.45, 7) is 8.35. The quantitative estimate of drug-likeness (QED) is 0.159. The first kappa shape index (κ1) is 24.8. The molecule has 1 aromatic rings. The summed E-state index contributed by atoms with van der Waals surface area (Å²) >= 11 is 0. The van der Waals surface area contributed by atoms with Crippen molar-refractivity contribution in [2.75, 3.05) is 54.2 Å². The number of rotatable bonds is 13. The molecule has 172 valence electrons. The number of ether oxygens (including phenoxy) is 2. The predicted molar refractivity (Wildman–Crippen MR) is 125 cm³/mol. The number of nitrogens with two attached hydrogens (primary N) is 1. The van der Waals surface area contributed by atoms with E-state index >= 15 is 0 Å². The number of nitrogens with one attached hydrogen (secondary N) is 3. The smallest absolute Gasteiger partial charge is 0.171 e. The maximum Gasteiger partial charge on any atom is 0.171 e. The van der Waals surface area contributed by atoms with E-state index in [4.69, 9.17) is 20.6 Å². The van der Waals surface area contributed by atoms with Gasteiger partial charge in [-0.3, -0.25) is 10.3 Å². The van der Waals surface area contributed by atoms with Gasteiger partial charge in [-0.25, -0.2) is 4.99 Å². The molecule has 31 heavy (non-hydrogen) atoms. The van der Waals surface area contributed by atoms with E-state index in [1.54, 1.807) is 7.11 Å². The highest BCUT2D eigenvalue weighted by Gasteiger charge is 2.23. The molecular formula is C22H37N7O2. The molecule has 1 aliphatic heterocycles. The lowest BCUT2D eigenvalue weighted by Crippen LogP contribution is -2.33. The summed E-state index contributed by atoms with van der Waals surface area (Å²) < 4.78 is 10.4. The van der Waals surface area contributed by atoms with E-state index in [-0.39, 0.29) is 18.3 Å². The molecule has 9 heteroatoms. The van der Waals surface area contributed by atoms with Crippen molar-refractivity contribution < 1.29 is 9.47 Å². The molecule has 1 fully saturated rings. The van der Waals surface area contributed by atoms with E-state index in [1.165, 1.54) is 12.0 Å². The predicted octanol–water partition coefficient (Wildman–Crippen LogP) is 0.928. The Morgan fingerprint density at radius 1 is 1.26 bits per heavy atom. The highest BCUT2D eigenvalue weighted by atomic mass is 16.5. The van der Waals surface area contributed by atoms with E-state index < -0.39 is 0 Å². The number of methoxy groups -OCH3 is 1. The summed E-state index contributed by atoms with van der Waals surface area (Å²) in [4.78, 5) is 8.41. The van der Waals surface area contributed by atoms with Crippen LogP contribution in [0.1, 0.15) is 17.5 Å². The van der Waals surface area contributed by atoms with Gasteiger partial charge in [-0.1, -0.05) is 24.3 Å². The third kappa shape index (κ3) is 8.29. The molecule has 0 radical (unpaired) electrons. The molecule has 0 aromatic heterocycles. The van der Waals surface area contributed by atoms with Crippen LogP contribution in [0.15, 0.2) is 40.8 Å². The van der Waals surface area contributed by atoms with Gasteiger partial charge in [0, 0.05) is 39.3 Å². The molecule has 0 amide bonds. The molecule has 1 saturated heterocycles. The number of hydrogen-bond donors (Lipinski definition) is 4. The van der Waals surface area contributed by atoms with Crippen molar-refractivity contribution >= 4 is 12.6 Å². The maximum absolute atomic E-state index is 7.82. The minimum absolute atomic E-state index is 0.0936. The summed E-state index contributed by atoms with van der Waals surface area (Å²) in [5, 5.41) is 14.1. The molecule has 0 bridgehead atoms. The third-order valence-electron chi connectivity index (χ3n) is 5.34. The number of benzene rings is 1. The zero-order valence-corrected chi connectivity index (χ0v) is 19.0. The van der Waals surface area contributed by atoms with Crippen molar-refractivity contribution in [2.45, 2.75) is 25.6 Å². The summed E-state index contributed by atoms with van der Waals surface area (Å²) in [5.74, 6) is 0.398. The van der Waals surface area contributed by atoms with Gasteiger partial charge >= 0.3 is 0 Å². The first-order valence-electron chi connectivity index (χ1n) is 10.5. The topological polar surface area (TPSA) is 111 Å². The zero-order chi connectivity index (χ0) is 22.6. The first-order valence-corrected chi connectivity index (χ1v) is 10.5. The molecule has 1 aromatic carbocycles. The van der Waals surface area contributed by atoms with Gasteiger partial charge in [-0.15, -0.1) is 0 Å². The van der Waals surface area contributed by atoms with Crippen LogP contribution in [0, 0.1) is 5.41 Å². The minimum atomic E-state index is -0.0936. The standard InChI is InChI=1S/C22H37N7O2/c1-25-21(24)20(23)22(27-16-31-12-11-30-4)26-13-17-5-7-18(8-6-17)14-29-10-9-19(15-29)28(2)3/h5-8,19,24,26-27H,1,9-16,23H2,2-4H3/b22-20+,24-21?. The van der Waals surface area contributed by atoms with Crippen molar-refractivity contribution in [3.05, 3.63) is 46.9 Å². The van der Waals surface area contributed by atoms with Gasteiger partial charge in [0.2, 0.25) is 0 Å². The second-order valence-corrected chi connectivity index (χ2v) is 7.83. The molecule has 1 aliphatic rings. The highest BCUT2D eigenvalue weighted by molar-refractivity contribution is 5.98. The fraction of sp³-hybridized carbons (Fsp3) is 0.545.